The maximum atomic E-state index is 13.4. The number of amides is 1. The molecule has 1 atom stereocenters. The number of rotatable bonds is 6. The first-order valence-electron chi connectivity index (χ1n) is 12.5. The summed E-state index contributed by atoms with van der Waals surface area (Å²) in [5.41, 5.74) is 4.01. The molecule has 1 aliphatic rings. The van der Waals surface area contributed by atoms with Crippen LogP contribution in [0.1, 0.15) is 68.5 Å². The molecule has 1 unspecified atom stereocenters. The highest BCUT2D eigenvalue weighted by Gasteiger charge is 2.46. The first-order valence-corrected chi connectivity index (χ1v) is 12.5. The van der Waals surface area contributed by atoms with Gasteiger partial charge in [-0.05, 0) is 72.7 Å². The highest BCUT2D eigenvalue weighted by atomic mass is 16.5. The summed E-state index contributed by atoms with van der Waals surface area (Å²) in [7, 11) is 0. The SMILES string of the molecule is Cc1cc(/C(O)=C2/C(=O)C(=O)N(Cc3cccnc3)C2c2ccc(C(C)(C)C)cc2)ccc1OC(C)C. The van der Waals surface area contributed by atoms with Gasteiger partial charge in [-0.25, -0.2) is 0 Å². The van der Waals surface area contributed by atoms with Crippen LogP contribution >= 0.6 is 0 Å². The molecule has 0 bridgehead atoms. The second-order valence-electron chi connectivity index (χ2n) is 10.8. The van der Waals surface area contributed by atoms with Gasteiger partial charge in [-0.1, -0.05) is 51.1 Å². The van der Waals surface area contributed by atoms with Gasteiger partial charge < -0.3 is 14.7 Å². The second kappa shape index (κ2) is 10.2. The van der Waals surface area contributed by atoms with Crippen molar-refractivity contribution >= 4 is 17.4 Å². The number of aryl methyl sites for hydroxylation is 1. The van der Waals surface area contributed by atoms with E-state index < -0.39 is 17.7 Å². The van der Waals surface area contributed by atoms with Crippen LogP contribution in [-0.4, -0.2) is 32.8 Å². The van der Waals surface area contributed by atoms with Crippen molar-refractivity contribution in [3.05, 3.63) is 100 Å². The lowest BCUT2D eigenvalue weighted by atomic mass is 9.85. The summed E-state index contributed by atoms with van der Waals surface area (Å²) in [5, 5.41) is 11.4. The van der Waals surface area contributed by atoms with Crippen LogP contribution in [0.3, 0.4) is 0 Å². The van der Waals surface area contributed by atoms with Crippen LogP contribution in [0.4, 0.5) is 0 Å². The molecule has 1 saturated heterocycles. The van der Waals surface area contributed by atoms with E-state index >= 15 is 0 Å². The van der Waals surface area contributed by atoms with E-state index in [0.717, 1.165) is 22.3 Å². The van der Waals surface area contributed by atoms with Gasteiger partial charge in [-0.15, -0.1) is 0 Å². The Hall–Kier alpha value is -3.93. The average Bonchev–Trinajstić information content (AvgIpc) is 3.09. The van der Waals surface area contributed by atoms with E-state index in [9.17, 15) is 14.7 Å². The zero-order valence-corrected chi connectivity index (χ0v) is 22.3. The molecule has 0 aliphatic carbocycles. The Morgan fingerprint density at radius 1 is 1.08 bits per heavy atom. The van der Waals surface area contributed by atoms with E-state index in [1.807, 2.05) is 51.1 Å². The van der Waals surface area contributed by atoms with Crippen LogP contribution in [0.2, 0.25) is 0 Å². The lowest BCUT2D eigenvalue weighted by Gasteiger charge is -2.26. The number of ether oxygens (including phenoxy) is 1. The van der Waals surface area contributed by atoms with Gasteiger partial charge in [-0.3, -0.25) is 14.6 Å². The van der Waals surface area contributed by atoms with E-state index in [0.29, 0.717) is 11.3 Å². The van der Waals surface area contributed by atoms with Gasteiger partial charge in [0.15, 0.2) is 0 Å². The van der Waals surface area contributed by atoms with Gasteiger partial charge in [-0.2, -0.15) is 0 Å². The first-order chi connectivity index (χ1) is 17.5. The predicted molar refractivity (Wildman–Crippen MR) is 144 cm³/mol. The van der Waals surface area contributed by atoms with Gasteiger partial charge in [0, 0.05) is 24.5 Å². The number of ketones is 1. The molecule has 2 heterocycles. The number of aliphatic hydroxyl groups excluding tert-OH is 1. The molecule has 1 aliphatic heterocycles. The summed E-state index contributed by atoms with van der Waals surface area (Å²) in [6.45, 7) is 12.4. The van der Waals surface area contributed by atoms with Gasteiger partial charge >= 0.3 is 0 Å². The Morgan fingerprint density at radius 2 is 1.78 bits per heavy atom. The summed E-state index contributed by atoms with van der Waals surface area (Å²) in [6.07, 6.45) is 3.34. The number of carbonyl (C=O) groups is 2. The molecule has 1 amide bonds. The summed E-state index contributed by atoms with van der Waals surface area (Å²) in [6, 6.07) is 16.1. The van der Waals surface area contributed by atoms with E-state index in [4.69, 9.17) is 4.74 Å². The van der Waals surface area contributed by atoms with Crippen LogP contribution in [-0.2, 0) is 21.5 Å². The average molecular weight is 499 g/mol. The van der Waals surface area contributed by atoms with Crippen molar-refractivity contribution in [1.82, 2.24) is 9.88 Å². The van der Waals surface area contributed by atoms with Crippen molar-refractivity contribution in [1.29, 1.82) is 0 Å². The number of nitrogens with zero attached hydrogens (tertiary/aromatic N) is 2. The van der Waals surface area contributed by atoms with Crippen molar-refractivity contribution in [2.45, 2.75) is 65.6 Å². The monoisotopic (exact) mass is 498 g/mol. The Morgan fingerprint density at radius 3 is 2.35 bits per heavy atom. The number of hydrogen-bond acceptors (Lipinski definition) is 5. The fraction of sp³-hybridized carbons (Fsp3) is 0.323. The second-order valence-corrected chi connectivity index (χ2v) is 10.8. The highest BCUT2D eigenvalue weighted by molar-refractivity contribution is 6.46. The van der Waals surface area contributed by atoms with Crippen molar-refractivity contribution in [2.24, 2.45) is 0 Å². The number of Topliss-reactive ketones (excluding diaryl/α,β-unsaturated/α-hetero) is 1. The van der Waals surface area contributed by atoms with Crippen LogP contribution in [0, 0.1) is 6.92 Å². The lowest BCUT2D eigenvalue weighted by Crippen LogP contribution is -2.29. The molecule has 1 fully saturated rings. The number of likely N-dealkylation sites (tertiary alicyclic amines) is 1. The maximum Gasteiger partial charge on any atom is 0.295 e. The van der Waals surface area contributed by atoms with Crippen LogP contribution in [0.25, 0.3) is 5.76 Å². The van der Waals surface area contributed by atoms with Crippen molar-refractivity contribution < 1.29 is 19.4 Å². The number of hydrogen-bond donors (Lipinski definition) is 1. The van der Waals surface area contributed by atoms with Gasteiger partial charge in [0.2, 0.25) is 0 Å². The molecule has 6 nitrogen and oxygen atoms in total. The Balaban J connectivity index is 1.83. The third-order valence-electron chi connectivity index (χ3n) is 6.52. The lowest BCUT2D eigenvalue weighted by molar-refractivity contribution is -0.140. The molecule has 192 valence electrons. The number of aliphatic hydroxyl groups is 1. The molecule has 0 spiro atoms. The minimum Gasteiger partial charge on any atom is -0.507 e. The van der Waals surface area contributed by atoms with Crippen LogP contribution in [0.5, 0.6) is 5.75 Å². The highest BCUT2D eigenvalue weighted by Crippen LogP contribution is 2.41. The van der Waals surface area contributed by atoms with E-state index in [1.165, 1.54) is 4.90 Å². The Bertz CT molecular complexity index is 1340. The number of aromatic nitrogens is 1. The fourth-order valence-electron chi connectivity index (χ4n) is 4.58. The van der Waals surface area contributed by atoms with Crippen molar-refractivity contribution in [3.8, 4) is 5.75 Å². The molecule has 1 N–H and O–H groups in total. The summed E-state index contributed by atoms with van der Waals surface area (Å²) in [5.74, 6) is -0.840. The number of pyridine rings is 1. The molecule has 1 aromatic heterocycles. The standard InChI is InChI=1S/C31H34N2O4/c1-19(2)37-25-14-11-23(16-20(25)3)28(34)26-27(22-9-12-24(13-10-22)31(4,5)6)33(30(36)29(26)35)18-21-8-7-15-32-17-21/h7-17,19,27,34H,18H2,1-6H3/b28-26-. The van der Waals surface area contributed by atoms with Crippen LogP contribution in [0.15, 0.2) is 72.6 Å². The Labute approximate surface area is 218 Å². The first kappa shape index (κ1) is 26.1. The zero-order chi connectivity index (χ0) is 26.9. The molecule has 6 heteroatoms. The molecule has 37 heavy (non-hydrogen) atoms. The van der Waals surface area contributed by atoms with Crippen molar-refractivity contribution in [2.75, 3.05) is 0 Å². The fourth-order valence-corrected chi connectivity index (χ4v) is 4.58. The van der Waals surface area contributed by atoms with Gasteiger partial charge in [0.1, 0.15) is 11.5 Å². The van der Waals surface area contributed by atoms with E-state index in [2.05, 4.69) is 25.8 Å². The van der Waals surface area contributed by atoms with E-state index in [1.54, 1.807) is 36.7 Å². The molecular formula is C31H34N2O4. The molecular weight excluding hydrogens is 464 g/mol. The summed E-state index contributed by atoms with van der Waals surface area (Å²) in [4.78, 5) is 32.3. The smallest absolute Gasteiger partial charge is 0.295 e. The Kier molecular flexibility index (Phi) is 7.21. The molecule has 2 aromatic carbocycles. The third-order valence-corrected chi connectivity index (χ3v) is 6.52. The zero-order valence-electron chi connectivity index (χ0n) is 22.3. The minimum absolute atomic E-state index is 0.00650. The predicted octanol–water partition coefficient (Wildman–Crippen LogP) is 6.10. The van der Waals surface area contributed by atoms with Crippen molar-refractivity contribution in [3.63, 3.8) is 0 Å². The quantitative estimate of drug-likeness (QED) is 0.252. The van der Waals surface area contributed by atoms with E-state index in [-0.39, 0.29) is 29.4 Å². The molecule has 4 rings (SSSR count). The summed E-state index contributed by atoms with van der Waals surface area (Å²) >= 11 is 0. The van der Waals surface area contributed by atoms with Gasteiger partial charge in [0.05, 0.1) is 17.7 Å². The molecule has 3 aromatic rings. The third kappa shape index (κ3) is 5.43. The minimum atomic E-state index is -0.735. The van der Waals surface area contributed by atoms with Gasteiger partial charge in [0.25, 0.3) is 11.7 Å². The van der Waals surface area contributed by atoms with Crippen LogP contribution < -0.4 is 4.74 Å². The summed E-state index contributed by atoms with van der Waals surface area (Å²) < 4.78 is 5.82. The number of carbonyl (C=O) groups excluding carboxylic acids is 2. The molecule has 0 radical (unpaired) electrons. The largest absolute Gasteiger partial charge is 0.507 e. The molecule has 0 saturated carbocycles. The normalized spacial score (nSPS) is 17.5. The topological polar surface area (TPSA) is 79.7 Å². The maximum absolute atomic E-state index is 13.4. The number of benzene rings is 2.